The van der Waals surface area contributed by atoms with Gasteiger partial charge in [0.1, 0.15) is 19.0 Å². The maximum atomic E-state index is 13.4. The third-order valence-corrected chi connectivity index (χ3v) is 6.06. The summed E-state index contributed by atoms with van der Waals surface area (Å²) in [6.07, 6.45) is 3.77. The Morgan fingerprint density at radius 2 is 1.86 bits per heavy atom. The molecule has 1 atom stereocenters. The molecule has 2 aliphatic heterocycles. The molecule has 0 aliphatic carbocycles. The second-order valence-electron chi connectivity index (χ2n) is 8.50. The van der Waals surface area contributed by atoms with Gasteiger partial charge in [-0.25, -0.2) is 4.79 Å². The normalized spacial score (nSPS) is 18.1. The van der Waals surface area contributed by atoms with E-state index in [1.807, 2.05) is 6.92 Å². The van der Waals surface area contributed by atoms with Crippen molar-refractivity contribution >= 4 is 29.1 Å². The first-order valence-electron chi connectivity index (χ1n) is 11.9. The molecule has 0 spiro atoms. The predicted octanol–water partition coefficient (Wildman–Crippen LogP) is 4.05. The highest BCUT2D eigenvalue weighted by Crippen LogP contribution is 2.43. The number of hydrogen-bond donors (Lipinski definition) is 1. The second kappa shape index (κ2) is 10.1. The van der Waals surface area contributed by atoms with Gasteiger partial charge in [-0.15, -0.1) is 0 Å². The van der Waals surface area contributed by atoms with Crippen LogP contribution in [0.1, 0.15) is 40.9 Å². The smallest absolute Gasteiger partial charge is 0.338 e. The number of nitrogens with zero attached hydrogens (tertiary/aromatic N) is 2. The number of carbonyl (C=O) groups excluding carboxylic acids is 3. The van der Waals surface area contributed by atoms with Gasteiger partial charge >= 0.3 is 5.97 Å². The van der Waals surface area contributed by atoms with E-state index >= 15 is 0 Å². The van der Waals surface area contributed by atoms with E-state index in [9.17, 15) is 19.5 Å². The molecule has 188 valence electrons. The van der Waals surface area contributed by atoms with Crippen LogP contribution in [0.5, 0.6) is 11.5 Å². The van der Waals surface area contributed by atoms with Gasteiger partial charge in [0.2, 0.25) is 0 Å². The molecule has 1 unspecified atom stereocenters. The van der Waals surface area contributed by atoms with Crippen LogP contribution in [0.15, 0.2) is 72.6 Å². The summed E-state index contributed by atoms with van der Waals surface area (Å²) in [6.45, 7) is 2.92. The molecule has 37 heavy (non-hydrogen) atoms. The standard InChI is InChI=1S/C28H24N2O7/c1-2-11-37-28(34)18-5-3-7-20(14-18)30-24(19-6-4-10-29-16-19)23(26(32)27(30)33)25(31)17-8-9-21-22(15-17)36-13-12-35-21/h3-10,14-16,24,31H,2,11-13H2,1H3/b25-23-. The van der Waals surface area contributed by atoms with Crippen molar-refractivity contribution in [1.82, 2.24) is 4.98 Å². The number of carbonyl (C=O) groups is 3. The van der Waals surface area contributed by atoms with E-state index in [4.69, 9.17) is 14.2 Å². The van der Waals surface area contributed by atoms with Crippen LogP contribution in [0.25, 0.3) is 5.76 Å². The maximum Gasteiger partial charge on any atom is 0.338 e. The molecule has 0 bridgehead atoms. The zero-order chi connectivity index (χ0) is 25.9. The van der Waals surface area contributed by atoms with Crippen LogP contribution in [0.2, 0.25) is 0 Å². The zero-order valence-corrected chi connectivity index (χ0v) is 20.0. The van der Waals surface area contributed by atoms with Crippen LogP contribution < -0.4 is 14.4 Å². The number of fused-ring (bicyclic) bond motifs is 1. The predicted molar refractivity (Wildman–Crippen MR) is 133 cm³/mol. The minimum Gasteiger partial charge on any atom is -0.507 e. The first kappa shape index (κ1) is 24.1. The van der Waals surface area contributed by atoms with Crippen LogP contribution in [-0.4, -0.2) is 47.6 Å². The van der Waals surface area contributed by atoms with E-state index < -0.39 is 23.7 Å². The summed E-state index contributed by atoms with van der Waals surface area (Å²) in [5.41, 5.74) is 1.26. The highest BCUT2D eigenvalue weighted by atomic mass is 16.6. The molecule has 9 nitrogen and oxygen atoms in total. The number of pyridine rings is 1. The average molecular weight is 501 g/mol. The molecule has 2 aliphatic rings. The van der Waals surface area contributed by atoms with Gasteiger partial charge in [0, 0.05) is 23.6 Å². The number of rotatable bonds is 6. The van der Waals surface area contributed by atoms with Crippen molar-refractivity contribution in [2.45, 2.75) is 19.4 Å². The number of anilines is 1. The number of aliphatic hydroxyl groups excluding tert-OH is 1. The van der Waals surface area contributed by atoms with Crippen LogP contribution >= 0.6 is 0 Å². The number of hydrogen-bond acceptors (Lipinski definition) is 8. The molecule has 0 radical (unpaired) electrons. The number of aromatic nitrogens is 1. The Kier molecular flexibility index (Phi) is 6.59. The Labute approximate surface area is 212 Å². The number of benzene rings is 2. The number of Topliss-reactive ketones (excluding diaryl/α,β-unsaturated/α-hetero) is 1. The van der Waals surface area contributed by atoms with E-state index in [2.05, 4.69) is 4.98 Å². The van der Waals surface area contributed by atoms with Gasteiger partial charge in [0.05, 0.1) is 23.8 Å². The number of ether oxygens (including phenoxy) is 3. The van der Waals surface area contributed by atoms with Gasteiger partial charge < -0.3 is 19.3 Å². The Hall–Kier alpha value is -4.66. The first-order chi connectivity index (χ1) is 18.0. The fraction of sp³-hybridized carbons (Fsp3) is 0.214. The summed E-state index contributed by atoms with van der Waals surface area (Å²) in [5.74, 6) is -1.63. The summed E-state index contributed by atoms with van der Waals surface area (Å²) in [5, 5.41) is 11.3. The van der Waals surface area contributed by atoms with E-state index in [1.54, 1.807) is 54.7 Å². The monoisotopic (exact) mass is 500 g/mol. The molecular weight excluding hydrogens is 476 g/mol. The van der Waals surface area contributed by atoms with Crippen molar-refractivity contribution in [2.24, 2.45) is 0 Å². The van der Waals surface area contributed by atoms with Crippen LogP contribution in [-0.2, 0) is 14.3 Å². The largest absolute Gasteiger partial charge is 0.507 e. The van der Waals surface area contributed by atoms with E-state index in [1.165, 1.54) is 17.2 Å². The third kappa shape index (κ3) is 4.51. The topological polar surface area (TPSA) is 115 Å². The Morgan fingerprint density at radius 3 is 2.62 bits per heavy atom. The van der Waals surface area contributed by atoms with Crippen LogP contribution in [0.3, 0.4) is 0 Å². The van der Waals surface area contributed by atoms with Crippen molar-refractivity contribution in [1.29, 1.82) is 0 Å². The van der Waals surface area contributed by atoms with E-state index in [-0.39, 0.29) is 23.5 Å². The molecule has 1 aromatic heterocycles. The Morgan fingerprint density at radius 1 is 1.05 bits per heavy atom. The molecule has 1 saturated heterocycles. The van der Waals surface area contributed by atoms with E-state index in [0.717, 1.165) is 0 Å². The van der Waals surface area contributed by atoms with Crippen molar-refractivity contribution in [3.05, 3.63) is 89.3 Å². The molecule has 9 heteroatoms. The van der Waals surface area contributed by atoms with Gasteiger partial charge in [-0.05, 0) is 54.4 Å². The van der Waals surface area contributed by atoms with Gasteiger partial charge in [-0.3, -0.25) is 19.5 Å². The van der Waals surface area contributed by atoms with Crippen LogP contribution in [0, 0.1) is 0 Å². The summed E-state index contributed by atoms with van der Waals surface area (Å²) >= 11 is 0. The lowest BCUT2D eigenvalue weighted by atomic mass is 9.96. The molecule has 2 aromatic carbocycles. The van der Waals surface area contributed by atoms with Gasteiger partial charge in [-0.2, -0.15) is 0 Å². The lowest BCUT2D eigenvalue weighted by Crippen LogP contribution is -2.29. The average Bonchev–Trinajstić information content (AvgIpc) is 3.21. The lowest BCUT2D eigenvalue weighted by molar-refractivity contribution is -0.132. The molecule has 1 amide bonds. The molecule has 3 heterocycles. The molecule has 1 fully saturated rings. The van der Waals surface area contributed by atoms with Crippen molar-refractivity contribution in [3.8, 4) is 11.5 Å². The quantitative estimate of drug-likeness (QED) is 0.233. The third-order valence-electron chi connectivity index (χ3n) is 6.06. The number of amides is 1. The molecule has 5 rings (SSSR count). The van der Waals surface area contributed by atoms with Gasteiger partial charge in [-0.1, -0.05) is 19.1 Å². The minimum absolute atomic E-state index is 0.103. The number of ketones is 1. The highest BCUT2D eigenvalue weighted by molar-refractivity contribution is 6.51. The number of esters is 1. The van der Waals surface area contributed by atoms with Crippen LogP contribution in [0.4, 0.5) is 5.69 Å². The fourth-order valence-corrected chi connectivity index (χ4v) is 4.36. The molecule has 1 N–H and O–H groups in total. The summed E-state index contributed by atoms with van der Waals surface area (Å²) in [4.78, 5) is 44.6. The zero-order valence-electron chi connectivity index (χ0n) is 20.0. The van der Waals surface area contributed by atoms with Crippen molar-refractivity contribution in [3.63, 3.8) is 0 Å². The maximum absolute atomic E-state index is 13.4. The second-order valence-corrected chi connectivity index (χ2v) is 8.50. The summed E-state index contributed by atoms with van der Waals surface area (Å²) in [7, 11) is 0. The van der Waals surface area contributed by atoms with Crippen molar-refractivity contribution in [2.75, 3.05) is 24.7 Å². The highest BCUT2D eigenvalue weighted by Gasteiger charge is 2.47. The Bertz CT molecular complexity index is 1400. The first-order valence-corrected chi connectivity index (χ1v) is 11.9. The summed E-state index contributed by atoms with van der Waals surface area (Å²) in [6, 6.07) is 13.5. The van der Waals surface area contributed by atoms with E-state index in [0.29, 0.717) is 47.9 Å². The fourth-order valence-electron chi connectivity index (χ4n) is 4.36. The molecule has 3 aromatic rings. The molecular formula is C28H24N2O7. The van der Waals surface area contributed by atoms with Crippen molar-refractivity contribution < 1.29 is 33.7 Å². The van der Waals surface area contributed by atoms with Gasteiger partial charge in [0.25, 0.3) is 11.7 Å². The SMILES string of the molecule is CCCOC(=O)c1cccc(N2C(=O)C(=O)/C(=C(\O)c3ccc4c(c3)OCCO4)C2c2cccnc2)c1. The molecule has 0 saturated carbocycles. The number of aliphatic hydroxyl groups is 1. The van der Waals surface area contributed by atoms with Gasteiger partial charge in [0.15, 0.2) is 11.5 Å². The Balaban J connectivity index is 1.62. The summed E-state index contributed by atoms with van der Waals surface area (Å²) < 4.78 is 16.4. The lowest BCUT2D eigenvalue weighted by Gasteiger charge is -2.25. The minimum atomic E-state index is -0.983.